The molecular weight excluding hydrogens is 532 g/mol. The molecular formula is C33H40N4O5. The second-order valence-electron chi connectivity index (χ2n) is 11.9. The molecule has 1 N–H and O–H groups in total. The molecule has 3 aliphatic rings. The van der Waals surface area contributed by atoms with Gasteiger partial charge in [0, 0.05) is 86.7 Å². The standard InChI is InChI=1S/C33H40N4O5/c1-22-15-32(38)37(20-22)21-25-4-3-24(33(39)35-27-7-11-36(12-8-27)28-9-13-41-14-10-28)17-30(25)42-29-6-5-23-18-31(40-2)34-19-26(23)16-29/h3-6,16-19,22,27-28H,7-15,20-21H2,1-2H3,(H,35,39)/t22-/m0/s1. The quantitative estimate of drug-likeness (QED) is 0.415. The van der Waals surface area contributed by atoms with Gasteiger partial charge in [0.05, 0.1) is 7.11 Å². The van der Waals surface area contributed by atoms with E-state index in [9.17, 15) is 9.59 Å². The highest BCUT2D eigenvalue weighted by molar-refractivity contribution is 5.95. The van der Waals surface area contributed by atoms with E-state index in [0.29, 0.717) is 47.9 Å². The molecule has 0 unspecified atom stereocenters. The molecule has 1 atom stereocenters. The lowest BCUT2D eigenvalue weighted by Crippen LogP contribution is -2.49. The molecule has 3 aromatic rings. The summed E-state index contributed by atoms with van der Waals surface area (Å²) in [5.41, 5.74) is 1.42. The van der Waals surface area contributed by atoms with Crippen LogP contribution >= 0.6 is 0 Å². The third-order valence-electron chi connectivity index (χ3n) is 8.78. The van der Waals surface area contributed by atoms with Crippen LogP contribution in [-0.2, 0) is 16.1 Å². The first-order chi connectivity index (χ1) is 20.4. The molecule has 0 saturated carbocycles. The Hall–Kier alpha value is -3.69. The van der Waals surface area contributed by atoms with Crippen LogP contribution in [0.1, 0.15) is 54.9 Å². The number of amides is 2. The Labute approximate surface area is 247 Å². The van der Waals surface area contributed by atoms with Gasteiger partial charge in [0.25, 0.3) is 5.91 Å². The van der Waals surface area contributed by atoms with E-state index in [0.717, 1.165) is 74.9 Å². The van der Waals surface area contributed by atoms with Gasteiger partial charge in [-0.2, -0.15) is 0 Å². The van der Waals surface area contributed by atoms with Gasteiger partial charge >= 0.3 is 0 Å². The van der Waals surface area contributed by atoms with Crippen LogP contribution in [0.2, 0.25) is 0 Å². The van der Waals surface area contributed by atoms with Crippen molar-refractivity contribution in [2.75, 3.05) is 40.0 Å². The van der Waals surface area contributed by atoms with E-state index in [4.69, 9.17) is 14.2 Å². The lowest BCUT2D eigenvalue weighted by Gasteiger charge is -2.39. The Kier molecular flexibility index (Phi) is 8.58. The minimum Gasteiger partial charge on any atom is -0.481 e. The van der Waals surface area contributed by atoms with E-state index in [2.05, 4.69) is 22.1 Å². The number of likely N-dealkylation sites (tertiary alicyclic amines) is 2. The van der Waals surface area contributed by atoms with Crippen LogP contribution < -0.4 is 14.8 Å². The number of hydrogen-bond donors (Lipinski definition) is 1. The van der Waals surface area contributed by atoms with Crippen LogP contribution in [-0.4, -0.2) is 78.6 Å². The number of rotatable bonds is 8. The molecule has 222 valence electrons. The maximum absolute atomic E-state index is 13.4. The summed E-state index contributed by atoms with van der Waals surface area (Å²) in [5, 5.41) is 5.16. The number of piperidine rings is 1. The number of nitrogens with one attached hydrogen (secondary N) is 1. The largest absolute Gasteiger partial charge is 0.481 e. The summed E-state index contributed by atoms with van der Waals surface area (Å²) in [5.74, 6) is 2.13. The molecule has 3 saturated heterocycles. The van der Waals surface area contributed by atoms with E-state index in [1.165, 1.54) is 0 Å². The lowest BCUT2D eigenvalue weighted by molar-refractivity contribution is -0.128. The summed E-state index contributed by atoms with van der Waals surface area (Å²) in [7, 11) is 1.60. The zero-order chi connectivity index (χ0) is 29.1. The van der Waals surface area contributed by atoms with Crippen molar-refractivity contribution in [3.8, 4) is 17.4 Å². The third kappa shape index (κ3) is 6.52. The van der Waals surface area contributed by atoms with E-state index in [1.54, 1.807) is 13.3 Å². The highest BCUT2D eigenvalue weighted by Gasteiger charge is 2.29. The first-order valence-electron chi connectivity index (χ1n) is 15.1. The molecule has 2 amide bonds. The maximum atomic E-state index is 13.4. The van der Waals surface area contributed by atoms with Crippen LogP contribution in [0.15, 0.2) is 48.7 Å². The molecule has 3 fully saturated rings. The average Bonchev–Trinajstić information content (AvgIpc) is 3.34. The Morgan fingerprint density at radius 1 is 1.05 bits per heavy atom. The Balaban J connectivity index is 1.18. The van der Waals surface area contributed by atoms with Gasteiger partial charge in [0.1, 0.15) is 11.5 Å². The molecule has 9 nitrogen and oxygen atoms in total. The molecule has 3 aliphatic heterocycles. The fourth-order valence-electron chi connectivity index (χ4n) is 6.38. The van der Waals surface area contributed by atoms with Crippen LogP contribution in [0, 0.1) is 5.92 Å². The number of pyridine rings is 1. The molecule has 4 heterocycles. The van der Waals surface area contributed by atoms with Crippen LogP contribution in [0.3, 0.4) is 0 Å². The second kappa shape index (κ2) is 12.7. The molecule has 2 aromatic carbocycles. The summed E-state index contributed by atoms with van der Waals surface area (Å²) in [6, 6.07) is 14.0. The molecule has 0 bridgehead atoms. The van der Waals surface area contributed by atoms with Crippen molar-refractivity contribution in [3.05, 3.63) is 59.8 Å². The second-order valence-corrected chi connectivity index (χ2v) is 11.9. The van der Waals surface area contributed by atoms with E-state index in [-0.39, 0.29) is 17.9 Å². The van der Waals surface area contributed by atoms with Crippen LogP contribution in [0.4, 0.5) is 0 Å². The Morgan fingerprint density at radius 3 is 2.60 bits per heavy atom. The number of ether oxygens (including phenoxy) is 3. The highest BCUT2D eigenvalue weighted by Crippen LogP contribution is 2.32. The molecule has 0 spiro atoms. The number of benzene rings is 2. The molecule has 9 heteroatoms. The van der Waals surface area contributed by atoms with E-state index in [1.807, 2.05) is 47.4 Å². The summed E-state index contributed by atoms with van der Waals surface area (Å²) >= 11 is 0. The highest BCUT2D eigenvalue weighted by atomic mass is 16.5. The molecule has 0 aliphatic carbocycles. The van der Waals surface area contributed by atoms with Gasteiger partial charge in [-0.15, -0.1) is 0 Å². The molecule has 0 radical (unpaired) electrons. The van der Waals surface area contributed by atoms with E-state index < -0.39 is 0 Å². The van der Waals surface area contributed by atoms with Gasteiger partial charge in [-0.3, -0.25) is 9.59 Å². The third-order valence-corrected chi connectivity index (χ3v) is 8.78. The van der Waals surface area contributed by atoms with Crippen molar-refractivity contribution in [2.45, 2.75) is 57.7 Å². The van der Waals surface area contributed by atoms with Gasteiger partial charge in [-0.1, -0.05) is 19.1 Å². The lowest BCUT2D eigenvalue weighted by atomic mass is 9.99. The zero-order valence-electron chi connectivity index (χ0n) is 24.5. The SMILES string of the molecule is COc1cc2ccc(Oc3cc(C(=O)NC4CCN(C5CCOCC5)CC4)ccc3CN3C[C@@H](C)CC3=O)cc2cn1. The first kappa shape index (κ1) is 28.4. The van der Waals surface area contributed by atoms with E-state index >= 15 is 0 Å². The van der Waals surface area contributed by atoms with Crippen molar-refractivity contribution < 1.29 is 23.8 Å². The Morgan fingerprint density at radius 2 is 1.86 bits per heavy atom. The fourth-order valence-corrected chi connectivity index (χ4v) is 6.38. The van der Waals surface area contributed by atoms with Gasteiger partial charge in [0.2, 0.25) is 11.8 Å². The van der Waals surface area contributed by atoms with Crippen molar-refractivity contribution >= 4 is 22.6 Å². The smallest absolute Gasteiger partial charge is 0.251 e. The monoisotopic (exact) mass is 572 g/mol. The van der Waals surface area contributed by atoms with Crippen LogP contribution in [0.5, 0.6) is 17.4 Å². The number of carbonyl (C=O) groups excluding carboxylic acids is 2. The minimum atomic E-state index is -0.100. The minimum absolute atomic E-state index is 0.100. The number of carbonyl (C=O) groups is 2. The molecule has 1 aromatic heterocycles. The maximum Gasteiger partial charge on any atom is 0.251 e. The summed E-state index contributed by atoms with van der Waals surface area (Å²) in [6.07, 6.45) is 6.38. The van der Waals surface area contributed by atoms with Crippen molar-refractivity contribution in [2.24, 2.45) is 5.92 Å². The van der Waals surface area contributed by atoms with Crippen molar-refractivity contribution in [1.82, 2.24) is 20.1 Å². The fraction of sp³-hybridized carbons (Fsp3) is 0.485. The number of hydrogen-bond acceptors (Lipinski definition) is 7. The average molecular weight is 573 g/mol. The normalized spacial score (nSPS) is 20.7. The summed E-state index contributed by atoms with van der Waals surface area (Å²) in [6.45, 7) is 6.93. The first-order valence-corrected chi connectivity index (χ1v) is 15.1. The van der Waals surface area contributed by atoms with Crippen LogP contribution in [0.25, 0.3) is 10.8 Å². The number of methoxy groups -OCH3 is 1. The van der Waals surface area contributed by atoms with Gasteiger partial charge in [-0.05, 0) is 61.3 Å². The predicted octanol–water partition coefficient (Wildman–Crippen LogP) is 4.78. The summed E-state index contributed by atoms with van der Waals surface area (Å²) < 4.78 is 17.2. The van der Waals surface area contributed by atoms with Gasteiger partial charge in [-0.25, -0.2) is 4.98 Å². The number of nitrogens with zero attached hydrogens (tertiary/aromatic N) is 3. The Bertz CT molecular complexity index is 1430. The number of fused-ring (bicyclic) bond motifs is 1. The number of aromatic nitrogens is 1. The van der Waals surface area contributed by atoms with Crippen molar-refractivity contribution in [1.29, 1.82) is 0 Å². The molecule has 42 heavy (non-hydrogen) atoms. The predicted molar refractivity (Wildman–Crippen MR) is 160 cm³/mol. The van der Waals surface area contributed by atoms with Crippen molar-refractivity contribution in [3.63, 3.8) is 0 Å². The zero-order valence-corrected chi connectivity index (χ0v) is 24.5. The van der Waals surface area contributed by atoms with Gasteiger partial charge < -0.3 is 29.3 Å². The molecule has 6 rings (SSSR count). The van der Waals surface area contributed by atoms with Gasteiger partial charge in [0.15, 0.2) is 0 Å². The summed E-state index contributed by atoms with van der Waals surface area (Å²) in [4.78, 5) is 34.7. The topological polar surface area (TPSA) is 93.2 Å².